The van der Waals surface area contributed by atoms with Crippen LogP contribution in [0.2, 0.25) is 5.02 Å². The molecule has 0 bridgehead atoms. The number of halogens is 2. The highest BCUT2D eigenvalue weighted by Crippen LogP contribution is 2.26. The molecule has 94 valence electrons. The molecule has 2 aromatic rings. The lowest BCUT2D eigenvalue weighted by Gasteiger charge is -2.13. The first kappa shape index (κ1) is 13.6. The number of benzene rings is 2. The Bertz CT molecular complexity index is 534. The predicted molar refractivity (Wildman–Crippen MR) is 79.0 cm³/mol. The summed E-state index contributed by atoms with van der Waals surface area (Å²) in [5.41, 5.74) is 3.00. The minimum atomic E-state index is -0.541. The lowest BCUT2D eigenvalue weighted by molar-refractivity contribution is 0.178. The third-order valence-corrected chi connectivity index (χ3v) is 3.81. The largest absolute Gasteiger partial charge is 0.388 e. The van der Waals surface area contributed by atoms with Crippen molar-refractivity contribution in [3.63, 3.8) is 0 Å². The van der Waals surface area contributed by atoms with Crippen molar-refractivity contribution in [1.29, 1.82) is 0 Å². The molecule has 18 heavy (non-hydrogen) atoms. The van der Waals surface area contributed by atoms with Crippen molar-refractivity contribution < 1.29 is 5.11 Å². The molecule has 0 radical (unpaired) electrons. The van der Waals surface area contributed by atoms with Gasteiger partial charge < -0.3 is 5.11 Å². The van der Waals surface area contributed by atoms with Crippen molar-refractivity contribution >= 4 is 27.5 Å². The van der Waals surface area contributed by atoms with Gasteiger partial charge in [0, 0.05) is 15.9 Å². The zero-order chi connectivity index (χ0) is 13.1. The third-order valence-electron chi connectivity index (χ3n) is 2.82. The van der Waals surface area contributed by atoms with Crippen LogP contribution in [-0.2, 0) is 6.42 Å². The van der Waals surface area contributed by atoms with Gasteiger partial charge >= 0.3 is 0 Å². The maximum absolute atomic E-state index is 10.3. The molecular weight excluding hydrogens is 312 g/mol. The summed E-state index contributed by atoms with van der Waals surface area (Å²) >= 11 is 9.50. The average molecular weight is 326 g/mol. The van der Waals surface area contributed by atoms with Gasteiger partial charge in [-0.2, -0.15) is 0 Å². The van der Waals surface area contributed by atoms with Gasteiger partial charge in [0.2, 0.25) is 0 Å². The van der Waals surface area contributed by atoms with E-state index < -0.39 is 6.10 Å². The first-order valence-electron chi connectivity index (χ1n) is 5.75. The number of aryl methyl sites for hydroxylation is 1. The van der Waals surface area contributed by atoms with Gasteiger partial charge in [-0.05, 0) is 41.8 Å². The molecule has 3 heteroatoms. The van der Waals surface area contributed by atoms with E-state index >= 15 is 0 Å². The molecule has 0 aliphatic rings. The summed E-state index contributed by atoms with van der Waals surface area (Å²) in [4.78, 5) is 0. The van der Waals surface area contributed by atoms with Gasteiger partial charge in [-0.15, -0.1) is 0 Å². The lowest BCUT2D eigenvalue weighted by atomic mass is 10.00. The Labute approximate surface area is 121 Å². The van der Waals surface area contributed by atoms with Crippen LogP contribution in [0.15, 0.2) is 46.9 Å². The molecule has 0 saturated heterocycles. The highest BCUT2D eigenvalue weighted by molar-refractivity contribution is 9.10. The van der Waals surface area contributed by atoms with E-state index in [4.69, 9.17) is 11.6 Å². The number of hydrogen-bond acceptors (Lipinski definition) is 1. The summed E-state index contributed by atoms with van der Waals surface area (Å²) < 4.78 is 1.02. The van der Waals surface area contributed by atoms with E-state index in [1.54, 1.807) is 0 Å². The molecule has 2 rings (SSSR count). The first-order valence-corrected chi connectivity index (χ1v) is 6.92. The van der Waals surface area contributed by atoms with Crippen LogP contribution in [0.1, 0.15) is 22.8 Å². The van der Waals surface area contributed by atoms with Crippen molar-refractivity contribution in [2.75, 3.05) is 0 Å². The van der Waals surface area contributed by atoms with Crippen molar-refractivity contribution in [2.24, 2.45) is 0 Å². The molecule has 0 heterocycles. The standard InChI is InChI=1S/C15H14BrClO/c1-10-6-12(8-13(17)7-10)15(18)9-11-4-2-3-5-14(11)16/h2-8,15,18H,9H2,1H3. The fourth-order valence-electron chi connectivity index (χ4n) is 1.95. The van der Waals surface area contributed by atoms with E-state index in [0.29, 0.717) is 11.4 Å². The van der Waals surface area contributed by atoms with Crippen LogP contribution >= 0.6 is 27.5 Å². The van der Waals surface area contributed by atoms with Gasteiger partial charge in [0.15, 0.2) is 0 Å². The third kappa shape index (κ3) is 3.35. The molecule has 0 spiro atoms. The number of rotatable bonds is 3. The molecule has 0 aliphatic heterocycles. The molecular formula is C15H14BrClO. The predicted octanol–water partition coefficient (Wildman–Crippen LogP) is 4.69. The Morgan fingerprint density at radius 1 is 1.22 bits per heavy atom. The second-order valence-electron chi connectivity index (χ2n) is 4.37. The second-order valence-corrected chi connectivity index (χ2v) is 5.66. The minimum absolute atomic E-state index is 0.541. The van der Waals surface area contributed by atoms with Crippen LogP contribution in [0.3, 0.4) is 0 Å². The van der Waals surface area contributed by atoms with Crippen molar-refractivity contribution in [3.8, 4) is 0 Å². The summed E-state index contributed by atoms with van der Waals surface area (Å²) in [7, 11) is 0. The fraction of sp³-hybridized carbons (Fsp3) is 0.200. The summed E-state index contributed by atoms with van der Waals surface area (Å²) in [5.74, 6) is 0. The number of aliphatic hydroxyl groups excluding tert-OH is 1. The lowest BCUT2D eigenvalue weighted by Crippen LogP contribution is -2.02. The van der Waals surface area contributed by atoms with Crippen LogP contribution in [0.5, 0.6) is 0 Å². The Morgan fingerprint density at radius 3 is 2.61 bits per heavy atom. The van der Waals surface area contributed by atoms with E-state index in [9.17, 15) is 5.11 Å². The fourth-order valence-corrected chi connectivity index (χ4v) is 2.69. The van der Waals surface area contributed by atoms with Gasteiger partial charge in [-0.1, -0.05) is 51.8 Å². The zero-order valence-electron chi connectivity index (χ0n) is 10.0. The molecule has 0 fully saturated rings. The highest BCUT2D eigenvalue weighted by Gasteiger charge is 2.11. The van der Waals surface area contributed by atoms with Gasteiger partial charge in [0.1, 0.15) is 0 Å². The quantitative estimate of drug-likeness (QED) is 0.868. The van der Waals surface area contributed by atoms with Crippen LogP contribution in [0, 0.1) is 6.92 Å². The molecule has 0 aliphatic carbocycles. The maximum Gasteiger partial charge on any atom is 0.0831 e. The molecule has 1 N–H and O–H groups in total. The highest BCUT2D eigenvalue weighted by atomic mass is 79.9. The molecule has 0 aromatic heterocycles. The van der Waals surface area contributed by atoms with Crippen LogP contribution in [0.25, 0.3) is 0 Å². The normalized spacial score (nSPS) is 12.4. The second kappa shape index (κ2) is 5.87. The Kier molecular flexibility index (Phi) is 4.44. The summed E-state index contributed by atoms with van der Waals surface area (Å²) in [5, 5.41) is 10.9. The SMILES string of the molecule is Cc1cc(Cl)cc(C(O)Cc2ccccc2Br)c1. The van der Waals surface area contributed by atoms with E-state index in [-0.39, 0.29) is 0 Å². The molecule has 1 atom stereocenters. The van der Waals surface area contributed by atoms with Crippen molar-refractivity contribution in [3.05, 3.63) is 68.7 Å². The summed E-state index contributed by atoms with van der Waals surface area (Å²) in [6.45, 7) is 1.97. The molecule has 0 saturated carbocycles. The van der Waals surface area contributed by atoms with Crippen molar-refractivity contribution in [2.45, 2.75) is 19.4 Å². The molecule has 1 nitrogen and oxygen atoms in total. The minimum Gasteiger partial charge on any atom is -0.388 e. The Morgan fingerprint density at radius 2 is 1.94 bits per heavy atom. The average Bonchev–Trinajstić information content (AvgIpc) is 2.31. The summed E-state index contributed by atoms with van der Waals surface area (Å²) in [6, 6.07) is 13.6. The maximum atomic E-state index is 10.3. The summed E-state index contributed by atoms with van der Waals surface area (Å²) in [6.07, 6.45) is 0.0300. The number of aliphatic hydroxyl groups is 1. The molecule has 1 unspecified atom stereocenters. The van der Waals surface area contributed by atoms with Gasteiger partial charge in [0.25, 0.3) is 0 Å². The van der Waals surface area contributed by atoms with Crippen molar-refractivity contribution in [1.82, 2.24) is 0 Å². The van der Waals surface area contributed by atoms with Gasteiger partial charge in [-0.25, -0.2) is 0 Å². The van der Waals surface area contributed by atoms with Crippen LogP contribution < -0.4 is 0 Å². The first-order chi connectivity index (χ1) is 8.56. The smallest absolute Gasteiger partial charge is 0.0831 e. The van der Waals surface area contributed by atoms with E-state index in [2.05, 4.69) is 15.9 Å². The molecule has 2 aromatic carbocycles. The topological polar surface area (TPSA) is 20.2 Å². The zero-order valence-corrected chi connectivity index (χ0v) is 12.4. The van der Waals surface area contributed by atoms with Gasteiger partial charge in [-0.3, -0.25) is 0 Å². The monoisotopic (exact) mass is 324 g/mol. The van der Waals surface area contributed by atoms with Crippen LogP contribution in [0.4, 0.5) is 0 Å². The van der Waals surface area contributed by atoms with Crippen LogP contribution in [-0.4, -0.2) is 5.11 Å². The molecule has 0 amide bonds. The number of hydrogen-bond donors (Lipinski definition) is 1. The van der Waals surface area contributed by atoms with E-state index in [1.165, 1.54) is 0 Å². The van der Waals surface area contributed by atoms with E-state index in [0.717, 1.165) is 21.2 Å². The van der Waals surface area contributed by atoms with E-state index in [1.807, 2.05) is 49.4 Å². The Hall–Kier alpha value is -0.830. The Balaban J connectivity index is 2.22. The van der Waals surface area contributed by atoms with Gasteiger partial charge in [0.05, 0.1) is 6.10 Å².